The lowest BCUT2D eigenvalue weighted by molar-refractivity contribution is 0.0938. The number of aryl methyl sites for hydroxylation is 1. The SMILES string of the molecule is C[C@H](CCc1ccccc1)NC(=O)c1cccnc1Cl. The number of nitrogens with zero attached hydrogens (tertiary/aromatic N) is 1. The van der Waals surface area contributed by atoms with Crippen LogP contribution in [0.5, 0.6) is 0 Å². The molecule has 0 bridgehead atoms. The van der Waals surface area contributed by atoms with Crippen LogP contribution in [0.25, 0.3) is 0 Å². The lowest BCUT2D eigenvalue weighted by Crippen LogP contribution is -2.33. The van der Waals surface area contributed by atoms with E-state index in [0.29, 0.717) is 5.56 Å². The largest absolute Gasteiger partial charge is 0.349 e. The maximum atomic E-state index is 12.1. The van der Waals surface area contributed by atoms with Gasteiger partial charge in [0.1, 0.15) is 5.15 Å². The van der Waals surface area contributed by atoms with Crippen molar-refractivity contribution in [1.82, 2.24) is 10.3 Å². The molecule has 0 aliphatic carbocycles. The smallest absolute Gasteiger partial charge is 0.254 e. The topological polar surface area (TPSA) is 42.0 Å². The molecule has 2 aromatic rings. The van der Waals surface area contributed by atoms with Crippen LogP contribution in [-0.4, -0.2) is 16.9 Å². The highest BCUT2D eigenvalue weighted by Gasteiger charge is 2.13. The second kappa shape index (κ2) is 7.06. The maximum Gasteiger partial charge on any atom is 0.254 e. The fourth-order valence-electron chi connectivity index (χ4n) is 1.96. The number of hydrogen-bond donors (Lipinski definition) is 1. The molecular formula is C16H17ClN2O. The zero-order valence-electron chi connectivity index (χ0n) is 11.3. The van der Waals surface area contributed by atoms with Crippen molar-refractivity contribution in [3.63, 3.8) is 0 Å². The molecule has 0 aliphatic heterocycles. The van der Waals surface area contributed by atoms with Gasteiger partial charge in [0.05, 0.1) is 5.56 Å². The molecule has 0 aliphatic rings. The third-order valence-corrected chi connectivity index (χ3v) is 3.39. The van der Waals surface area contributed by atoms with Gasteiger partial charge in [0.15, 0.2) is 0 Å². The Morgan fingerprint density at radius 1 is 1.25 bits per heavy atom. The highest BCUT2D eigenvalue weighted by Crippen LogP contribution is 2.12. The normalized spacial score (nSPS) is 11.9. The molecule has 4 heteroatoms. The summed E-state index contributed by atoms with van der Waals surface area (Å²) < 4.78 is 0. The van der Waals surface area contributed by atoms with Gasteiger partial charge in [0, 0.05) is 12.2 Å². The van der Waals surface area contributed by atoms with Gasteiger partial charge >= 0.3 is 0 Å². The van der Waals surface area contributed by atoms with Crippen LogP contribution in [0.2, 0.25) is 5.15 Å². The first-order valence-electron chi connectivity index (χ1n) is 6.62. The zero-order valence-corrected chi connectivity index (χ0v) is 12.1. The van der Waals surface area contributed by atoms with Crippen molar-refractivity contribution in [2.45, 2.75) is 25.8 Å². The van der Waals surface area contributed by atoms with Crippen LogP contribution < -0.4 is 5.32 Å². The van der Waals surface area contributed by atoms with Crippen LogP contribution in [0.3, 0.4) is 0 Å². The Labute approximate surface area is 124 Å². The summed E-state index contributed by atoms with van der Waals surface area (Å²) in [4.78, 5) is 16.0. The van der Waals surface area contributed by atoms with Crippen LogP contribution >= 0.6 is 11.6 Å². The summed E-state index contributed by atoms with van der Waals surface area (Å²) in [7, 11) is 0. The van der Waals surface area contributed by atoms with Crippen molar-refractivity contribution in [2.75, 3.05) is 0 Å². The van der Waals surface area contributed by atoms with E-state index in [0.717, 1.165) is 12.8 Å². The molecule has 20 heavy (non-hydrogen) atoms. The first-order valence-corrected chi connectivity index (χ1v) is 7.00. The molecule has 0 saturated carbocycles. The number of rotatable bonds is 5. The molecule has 1 N–H and O–H groups in total. The van der Waals surface area contributed by atoms with E-state index in [9.17, 15) is 4.79 Å². The van der Waals surface area contributed by atoms with E-state index in [1.54, 1.807) is 18.3 Å². The van der Waals surface area contributed by atoms with Gasteiger partial charge < -0.3 is 5.32 Å². The van der Waals surface area contributed by atoms with E-state index in [1.807, 2.05) is 25.1 Å². The molecule has 3 nitrogen and oxygen atoms in total. The van der Waals surface area contributed by atoms with E-state index in [-0.39, 0.29) is 17.1 Å². The van der Waals surface area contributed by atoms with E-state index in [1.165, 1.54) is 5.56 Å². The standard InChI is InChI=1S/C16H17ClN2O/c1-12(9-10-13-6-3-2-4-7-13)19-16(20)14-8-5-11-18-15(14)17/h2-8,11-12H,9-10H2,1H3,(H,19,20)/t12-/m1/s1. The van der Waals surface area contributed by atoms with Crippen LogP contribution in [0, 0.1) is 0 Å². The maximum absolute atomic E-state index is 12.1. The minimum atomic E-state index is -0.177. The quantitative estimate of drug-likeness (QED) is 0.856. The first-order chi connectivity index (χ1) is 9.66. The average Bonchev–Trinajstić information content (AvgIpc) is 2.46. The van der Waals surface area contributed by atoms with E-state index in [4.69, 9.17) is 11.6 Å². The van der Waals surface area contributed by atoms with Gasteiger partial charge in [-0.25, -0.2) is 4.98 Å². The minimum Gasteiger partial charge on any atom is -0.349 e. The Morgan fingerprint density at radius 3 is 2.70 bits per heavy atom. The molecule has 0 radical (unpaired) electrons. The zero-order chi connectivity index (χ0) is 14.4. The molecule has 2 rings (SSSR count). The fraction of sp³-hybridized carbons (Fsp3) is 0.250. The number of benzene rings is 1. The summed E-state index contributed by atoms with van der Waals surface area (Å²) in [5.41, 5.74) is 1.69. The summed E-state index contributed by atoms with van der Waals surface area (Å²) in [6.07, 6.45) is 3.38. The van der Waals surface area contributed by atoms with Gasteiger partial charge in [-0.3, -0.25) is 4.79 Å². The third-order valence-electron chi connectivity index (χ3n) is 3.09. The number of pyridine rings is 1. The third kappa shape index (κ3) is 4.07. The average molecular weight is 289 g/mol. The number of amides is 1. The lowest BCUT2D eigenvalue weighted by Gasteiger charge is -2.14. The number of aromatic nitrogens is 1. The summed E-state index contributed by atoms with van der Waals surface area (Å²) in [6.45, 7) is 1.99. The monoisotopic (exact) mass is 288 g/mol. The summed E-state index contributed by atoms with van der Waals surface area (Å²) >= 11 is 5.90. The number of nitrogens with one attached hydrogen (secondary N) is 1. The molecule has 1 heterocycles. The van der Waals surface area contributed by atoms with Crippen molar-refractivity contribution in [3.05, 3.63) is 64.9 Å². The Kier molecular flexibility index (Phi) is 5.13. The Morgan fingerprint density at radius 2 is 2.00 bits per heavy atom. The number of carbonyl (C=O) groups is 1. The molecule has 1 atom stereocenters. The van der Waals surface area contributed by atoms with Crippen molar-refractivity contribution < 1.29 is 4.79 Å². The van der Waals surface area contributed by atoms with Gasteiger partial charge in [0.25, 0.3) is 5.91 Å². The van der Waals surface area contributed by atoms with Gasteiger partial charge in [-0.2, -0.15) is 0 Å². The van der Waals surface area contributed by atoms with Crippen molar-refractivity contribution >= 4 is 17.5 Å². The van der Waals surface area contributed by atoms with E-state index < -0.39 is 0 Å². The molecular weight excluding hydrogens is 272 g/mol. The van der Waals surface area contributed by atoms with Crippen molar-refractivity contribution in [1.29, 1.82) is 0 Å². The minimum absolute atomic E-state index is 0.0824. The summed E-state index contributed by atoms with van der Waals surface area (Å²) in [5, 5.41) is 3.18. The molecule has 0 saturated heterocycles. The number of halogens is 1. The molecule has 1 aromatic carbocycles. The highest BCUT2D eigenvalue weighted by atomic mass is 35.5. The van der Waals surface area contributed by atoms with Crippen LogP contribution in [0.15, 0.2) is 48.7 Å². The Bertz CT molecular complexity index is 572. The van der Waals surface area contributed by atoms with Crippen molar-refractivity contribution in [3.8, 4) is 0 Å². The second-order valence-corrected chi connectivity index (χ2v) is 5.10. The van der Waals surface area contributed by atoms with E-state index >= 15 is 0 Å². The Balaban J connectivity index is 1.87. The predicted molar refractivity (Wildman–Crippen MR) is 80.9 cm³/mol. The lowest BCUT2D eigenvalue weighted by atomic mass is 10.1. The van der Waals surface area contributed by atoms with Gasteiger partial charge in [-0.15, -0.1) is 0 Å². The summed E-state index contributed by atoms with van der Waals surface area (Å²) in [5.74, 6) is -0.177. The van der Waals surface area contributed by atoms with Crippen molar-refractivity contribution in [2.24, 2.45) is 0 Å². The summed E-state index contributed by atoms with van der Waals surface area (Å²) in [6, 6.07) is 13.7. The molecule has 104 valence electrons. The fourth-order valence-corrected chi connectivity index (χ4v) is 2.16. The van der Waals surface area contributed by atoms with Crippen LogP contribution in [0.1, 0.15) is 29.3 Å². The first kappa shape index (κ1) is 14.5. The molecule has 0 unspecified atom stereocenters. The number of hydrogen-bond acceptors (Lipinski definition) is 2. The second-order valence-electron chi connectivity index (χ2n) is 4.74. The predicted octanol–water partition coefficient (Wildman–Crippen LogP) is 3.49. The van der Waals surface area contributed by atoms with Gasteiger partial charge in [-0.1, -0.05) is 41.9 Å². The molecule has 1 aromatic heterocycles. The van der Waals surface area contributed by atoms with Gasteiger partial charge in [-0.05, 0) is 37.5 Å². The molecule has 0 spiro atoms. The molecule has 0 fully saturated rings. The highest BCUT2D eigenvalue weighted by molar-refractivity contribution is 6.32. The number of carbonyl (C=O) groups excluding carboxylic acids is 1. The Hall–Kier alpha value is -1.87. The van der Waals surface area contributed by atoms with Gasteiger partial charge in [0.2, 0.25) is 0 Å². The van der Waals surface area contributed by atoms with Crippen LogP contribution in [-0.2, 0) is 6.42 Å². The van der Waals surface area contributed by atoms with Crippen LogP contribution in [0.4, 0.5) is 0 Å². The molecule has 1 amide bonds. The van der Waals surface area contributed by atoms with E-state index in [2.05, 4.69) is 22.4 Å².